The fourth-order valence-electron chi connectivity index (χ4n) is 4.57. The lowest BCUT2D eigenvalue weighted by Crippen LogP contribution is -1.84. The highest BCUT2D eigenvalue weighted by atomic mass is 16.3. The second-order valence-corrected chi connectivity index (χ2v) is 7.82. The summed E-state index contributed by atoms with van der Waals surface area (Å²) < 4.78 is 6.51. The summed E-state index contributed by atoms with van der Waals surface area (Å²) in [6.45, 7) is 0. The number of benzene rings is 5. The third-order valence-corrected chi connectivity index (χ3v) is 5.97. The third kappa shape index (κ3) is 2.56. The van der Waals surface area contributed by atoms with E-state index in [-0.39, 0.29) is 17.2 Å². The quantitative estimate of drug-likeness (QED) is 0.260. The van der Waals surface area contributed by atoms with Crippen LogP contribution in [-0.4, -0.2) is 15.3 Å². The smallest absolute Gasteiger partial charge is 0.147 e. The Morgan fingerprint density at radius 2 is 1.19 bits per heavy atom. The Hall–Kier alpha value is -4.44. The van der Waals surface area contributed by atoms with E-state index in [4.69, 9.17) is 4.42 Å². The second-order valence-electron chi connectivity index (χ2n) is 7.82. The zero-order valence-electron chi connectivity index (χ0n) is 16.9. The summed E-state index contributed by atoms with van der Waals surface area (Å²) in [5.41, 5.74) is 2.88. The van der Waals surface area contributed by atoms with Gasteiger partial charge in [-0.15, -0.1) is 0 Å². The SMILES string of the molecule is Oc1ccc(-c2c(-c3ccccc3O)oc3c4ccccc4c4c(O)cccc4c23)cc1. The molecular weight excluding hydrogens is 400 g/mol. The molecule has 0 amide bonds. The van der Waals surface area contributed by atoms with Crippen LogP contribution in [0.15, 0.2) is 95.4 Å². The van der Waals surface area contributed by atoms with Crippen LogP contribution < -0.4 is 0 Å². The number of hydrogen-bond donors (Lipinski definition) is 3. The first-order valence-electron chi connectivity index (χ1n) is 10.3. The summed E-state index contributed by atoms with van der Waals surface area (Å²) in [5.74, 6) is 1.01. The van der Waals surface area contributed by atoms with Crippen LogP contribution in [0.25, 0.3) is 55.0 Å². The topological polar surface area (TPSA) is 73.8 Å². The Balaban J connectivity index is 1.90. The van der Waals surface area contributed by atoms with Gasteiger partial charge in [0.2, 0.25) is 0 Å². The summed E-state index contributed by atoms with van der Waals surface area (Å²) in [6, 6.07) is 27.3. The maximum atomic E-state index is 10.8. The normalized spacial score (nSPS) is 11.5. The second kappa shape index (κ2) is 6.79. The minimum absolute atomic E-state index is 0.114. The van der Waals surface area contributed by atoms with Gasteiger partial charge in [0.15, 0.2) is 0 Å². The van der Waals surface area contributed by atoms with Crippen molar-refractivity contribution in [2.45, 2.75) is 0 Å². The molecule has 3 N–H and O–H groups in total. The highest BCUT2D eigenvalue weighted by molar-refractivity contribution is 6.29. The largest absolute Gasteiger partial charge is 0.508 e. The first kappa shape index (κ1) is 18.3. The van der Waals surface area contributed by atoms with Crippen molar-refractivity contribution in [3.63, 3.8) is 0 Å². The lowest BCUT2D eigenvalue weighted by molar-refractivity contribution is 0.474. The van der Waals surface area contributed by atoms with Crippen LogP contribution >= 0.6 is 0 Å². The van der Waals surface area contributed by atoms with Gasteiger partial charge in [0, 0.05) is 21.7 Å². The zero-order valence-corrected chi connectivity index (χ0v) is 16.9. The first-order chi connectivity index (χ1) is 15.6. The molecule has 0 atom stereocenters. The number of para-hydroxylation sites is 1. The summed E-state index contributed by atoms with van der Waals surface area (Å²) in [6.07, 6.45) is 0. The van der Waals surface area contributed by atoms with Crippen LogP contribution in [0.2, 0.25) is 0 Å². The molecule has 5 aromatic carbocycles. The van der Waals surface area contributed by atoms with E-state index in [0.717, 1.165) is 38.1 Å². The van der Waals surface area contributed by atoms with Gasteiger partial charge in [0.25, 0.3) is 0 Å². The van der Waals surface area contributed by atoms with Crippen molar-refractivity contribution in [2.24, 2.45) is 0 Å². The van der Waals surface area contributed by atoms with Gasteiger partial charge < -0.3 is 19.7 Å². The van der Waals surface area contributed by atoms with E-state index in [1.165, 1.54) is 0 Å². The lowest BCUT2D eigenvalue weighted by atomic mass is 9.92. The van der Waals surface area contributed by atoms with Crippen molar-refractivity contribution < 1.29 is 19.7 Å². The molecule has 4 nitrogen and oxygen atoms in total. The molecule has 0 bridgehead atoms. The van der Waals surface area contributed by atoms with Crippen LogP contribution in [0.4, 0.5) is 0 Å². The summed E-state index contributed by atoms with van der Waals surface area (Å²) in [4.78, 5) is 0. The van der Waals surface area contributed by atoms with Crippen LogP contribution in [0.5, 0.6) is 17.2 Å². The molecule has 6 rings (SSSR count). The maximum absolute atomic E-state index is 10.8. The standard InChI is InChI=1S/C28H18O4/c29-17-14-12-16(13-15-17)24-26-21-9-5-11-23(31)25(21)18-6-1-2-7-19(18)27(26)32-28(24)20-8-3-4-10-22(20)30/h1-15,29-31H. The molecule has 0 fully saturated rings. The minimum Gasteiger partial charge on any atom is -0.508 e. The Kier molecular flexibility index (Phi) is 3.89. The monoisotopic (exact) mass is 418 g/mol. The molecule has 6 aromatic rings. The van der Waals surface area contributed by atoms with Crippen LogP contribution in [0.1, 0.15) is 0 Å². The van der Waals surface area contributed by atoms with Gasteiger partial charge in [-0.25, -0.2) is 0 Å². The molecule has 0 saturated carbocycles. The van der Waals surface area contributed by atoms with Gasteiger partial charge in [0.05, 0.1) is 5.56 Å². The average Bonchev–Trinajstić information content (AvgIpc) is 3.21. The van der Waals surface area contributed by atoms with Gasteiger partial charge >= 0.3 is 0 Å². The molecule has 0 aliphatic heterocycles. The molecular formula is C28H18O4. The van der Waals surface area contributed by atoms with Crippen molar-refractivity contribution in [2.75, 3.05) is 0 Å². The van der Waals surface area contributed by atoms with Gasteiger partial charge in [0.1, 0.15) is 28.6 Å². The van der Waals surface area contributed by atoms with E-state index in [0.29, 0.717) is 16.9 Å². The highest BCUT2D eigenvalue weighted by Gasteiger charge is 2.24. The van der Waals surface area contributed by atoms with Crippen molar-refractivity contribution in [1.29, 1.82) is 0 Å². The predicted molar refractivity (Wildman–Crippen MR) is 127 cm³/mol. The van der Waals surface area contributed by atoms with Crippen molar-refractivity contribution >= 4 is 32.5 Å². The van der Waals surface area contributed by atoms with Crippen LogP contribution in [0.3, 0.4) is 0 Å². The van der Waals surface area contributed by atoms with Gasteiger partial charge in [-0.3, -0.25) is 0 Å². The minimum atomic E-state index is 0.114. The van der Waals surface area contributed by atoms with E-state index < -0.39 is 0 Å². The number of phenolic OH excluding ortho intramolecular Hbond substituents is 3. The first-order valence-corrected chi connectivity index (χ1v) is 10.3. The van der Waals surface area contributed by atoms with Gasteiger partial charge in [-0.2, -0.15) is 0 Å². The van der Waals surface area contributed by atoms with E-state index in [1.807, 2.05) is 60.7 Å². The molecule has 0 spiro atoms. The molecule has 0 unspecified atom stereocenters. The van der Waals surface area contributed by atoms with Crippen LogP contribution in [0, 0.1) is 0 Å². The predicted octanol–water partition coefficient (Wildman–Crippen LogP) is 7.19. The summed E-state index contributed by atoms with van der Waals surface area (Å²) in [5, 5.41) is 35.5. The molecule has 32 heavy (non-hydrogen) atoms. The number of furan rings is 1. The van der Waals surface area contributed by atoms with Gasteiger partial charge in [-0.05, 0) is 46.7 Å². The lowest BCUT2D eigenvalue weighted by Gasteiger charge is -2.10. The molecule has 0 radical (unpaired) electrons. The van der Waals surface area contributed by atoms with E-state index >= 15 is 0 Å². The number of hydrogen-bond acceptors (Lipinski definition) is 4. The van der Waals surface area contributed by atoms with Crippen molar-refractivity contribution in [3.8, 4) is 39.7 Å². The zero-order chi connectivity index (χ0) is 21.8. The Bertz CT molecular complexity index is 1640. The molecule has 0 aliphatic rings. The molecule has 1 aromatic heterocycles. The number of rotatable bonds is 2. The number of fused-ring (bicyclic) bond motifs is 6. The molecule has 1 heterocycles. The Labute approximate surface area is 183 Å². The van der Waals surface area contributed by atoms with E-state index in [1.54, 1.807) is 30.3 Å². The summed E-state index contributed by atoms with van der Waals surface area (Å²) in [7, 11) is 0. The fourth-order valence-corrected chi connectivity index (χ4v) is 4.57. The molecule has 0 aliphatic carbocycles. The number of aromatic hydroxyl groups is 3. The van der Waals surface area contributed by atoms with Crippen molar-refractivity contribution in [3.05, 3.63) is 91.0 Å². The highest BCUT2D eigenvalue weighted by Crippen LogP contribution is 2.49. The third-order valence-electron chi connectivity index (χ3n) is 5.97. The molecule has 4 heteroatoms. The summed E-state index contributed by atoms with van der Waals surface area (Å²) >= 11 is 0. The Morgan fingerprint density at radius 1 is 0.531 bits per heavy atom. The molecule has 0 saturated heterocycles. The fraction of sp³-hybridized carbons (Fsp3) is 0. The Morgan fingerprint density at radius 3 is 1.97 bits per heavy atom. The number of phenols is 3. The average molecular weight is 418 g/mol. The molecule has 154 valence electrons. The maximum Gasteiger partial charge on any atom is 0.147 e. The van der Waals surface area contributed by atoms with Crippen LogP contribution in [-0.2, 0) is 0 Å². The van der Waals surface area contributed by atoms with E-state index in [2.05, 4.69) is 0 Å². The van der Waals surface area contributed by atoms with Crippen molar-refractivity contribution in [1.82, 2.24) is 0 Å². The van der Waals surface area contributed by atoms with Gasteiger partial charge in [-0.1, -0.05) is 60.7 Å². The van der Waals surface area contributed by atoms with E-state index in [9.17, 15) is 15.3 Å².